The van der Waals surface area contributed by atoms with Gasteiger partial charge in [0.1, 0.15) is 12.6 Å². The first-order chi connectivity index (χ1) is 12.6. The Morgan fingerprint density at radius 1 is 1.19 bits per heavy atom. The van der Waals surface area contributed by atoms with Crippen LogP contribution in [0.3, 0.4) is 0 Å². The summed E-state index contributed by atoms with van der Waals surface area (Å²) in [7, 11) is 0. The molecule has 3 N–H and O–H groups in total. The molecule has 2 aromatic carbocycles. The summed E-state index contributed by atoms with van der Waals surface area (Å²) in [5, 5.41) is 11.2. The highest BCUT2D eigenvalue weighted by atomic mass is 32.2. The van der Waals surface area contributed by atoms with E-state index in [1.54, 1.807) is 6.07 Å². The summed E-state index contributed by atoms with van der Waals surface area (Å²) in [6.07, 6.45) is 1.84. The number of carbonyl (C=O) groups is 2. The predicted octanol–water partition coefficient (Wildman–Crippen LogP) is 2.61. The molecular formula is C19H20N4O2S. The third kappa shape index (κ3) is 4.77. The Morgan fingerprint density at radius 2 is 1.88 bits per heavy atom. The van der Waals surface area contributed by atoms with E-state index < -0.39 is 18.0 Å². The molecule has 0 aromatic heterocycles. The van der Waals surface area contributed by atoms with Crippen LogP contribution in [0.4, 0.5) is 10.5 Å². The van der Waals surface area contributed by atoms with Gasteiger partial charge in [-0.25, -0.2) is 4.79 Å². The SMILES string of the molecule is CSCC(C(=O)NCC#N)N(C(N)=O)c1cccc(-c2ccccc2)c1. The highest BCUT2D eigenvalue weighted by molar-refractivity contribution is 7.98. The Bertz CT molecular complexity index is 805. The zero-order valence-corrected chi connectivity index (χ0v) is 15.2. The monoisotopic (exact) mass is 368 g/mol. The summed E-state index contributed by atoms with van der Waals surface area (Å²) < 4.78 is 0. The van der Waals surface area contributed by atoms with Crippen LogP contribution in [0.5, 0.6) is 0 Å². The van der Waals surface area contributed by atoms with Gasteiger partial charge in [0.2, 0.25) is 5.91 Å². The minimum Gasteiger partial charge on any atom is -0.351 e. The van der Waals surface area contributed by atoms with E-state index >= 15 is 0 Å². The van der Waals surface area contributed by atoms with E-state index in [4.69, 9.17) is 11.0 Å². The lowest BCUT2D eigenvalue weighted by Crippen LogP contribution is -2.53. The molecule has 1 atom stereocenters. The van der Waals surface area contributed by atoms with Gasteiger partial charge in [0.25, 0.3) is 0 Å². The number of nitrogens with zero attached hydrogens (tertiary/aromatic N) is 2. The molecule has 0 bridgehead atoms. The molecule has 0 saturated heterocycles. The van der Waals surface area contributed by atoms with Crippen LogP contribution in [-0.2, 0) is 4.79 Å². The second-order valence-corrected chi connectivity index (χ2v) is 6.38. The number of urea groups is 1. The van der Waals surface area contributed by atoms with Gasteiger partial charge in [-0.15, -0.1) is 0 Å². The molecule has 134 valence electrons. The molecule has 0 saturated carbocycles. The predicted molar refractivity (Wildman–Crippen MR) is 105 cm³/mol. The number of anilines is 1. The van der Waals surface area contributed by atoms with Gasteiger partial charge in [-0.05, 0) is 29.5 Å². The molecule has 2 rings (SSSR count). The zero-order valence-electron chi connectivity index (χ0n) is 14.4. The molecular weight excluding hydrogens is 348 g/mol. The smallest absolute Gasteiger partial charge is 0.320 e. The van der Waals surface area contributed by atoms with Crippen LogP contribution >= 0.6 is 11.8 Å². The minimum atomic E-state index is -0.804. The number of carbonyl (C=O) groups excluding carboxylic acids is 2. The molecule has 1 unspecified atom stereocenters. The van der Waals surface area contributed by atoms with E-state index in [1.807, 2.05) is 60.9 Å². The summed E-state index contributed by atoms with van der Waals surface area (Å²) in [4.78, 5) is 25.9. The fourth-order valence-electron chi connectivity index (χ4n) is 2.60. The highest BCUT2D eigenvalue weighted by Crippen LogP contribution is 2.26. The first-order valence-electron chi connectivity index (χ1n) is 7.96. The number of hydrogen-bond acceptors (Lipinski definition) is 4. The topological polar surface area (TPSA) is 99.2 Å². The molecule has 26 heavy (non-hydrogen) atoms. The van der Waals surface area contributed by atoms with Crippen molar-refractivity contribution >= 4 is 29.4 Å². The van der Waals surface area contributed by atoms with Crippen molar-refractivity contribution in [1.82, 2.24) is 5.32 Å². The number of hydrogen-bond donors (Lipinski definition) is 2. The molecule has 0 aliphatic carbocycles. The Hall–Kier alpha value is -2.98. The van der Waals surface area contributed by atoms with Crippen LogP contribution in [0.2, 0.25) is 0 Å². The number of thioether (sulfide) groups is 1. The van der Waals surface area contributed by atoms with Gasteiger partial charge in [0, 0.05) is 11.4 Å². The number of nitriles is 1. The normalized spacial score (nSPS) is 11.2. The van der Waals surface area contributed by atoms with Gasteiger partial charge in [0.15, 0.2) is 0 Å². The van der Waals surface area contributed by atoms with Crippen LogP contribution in [0.25, 0.3) is 11.1 Å². The van der Waals surface area contributed by atoms with Crippen molar-refractivity contribution in [2.24, 2.45) is 5.73 Å². The summed E-state index contributed by atoms with van der Waals surface area (Å²) in [6, 6.07) is 17.4. The average Bonchev–Trinajstić information content (AvgIpc) is 2.66. The first kappa shape index (κ1) is 19.3. The maximum absolute atomic E-state index is 12.4. The van der Waals surface area contributed by atoms with Crippen LogP contribution < -0.4 is 16.0 Å². The van der Waals surface area contributed by atoms with Crippen molar-refractivity contribution in [3.05, 3.63) is 54.6 Å². The van der Waals surface area contributed by atoms with E-state index in [1.165, 1.54) is 16.7 Å². The third-order valence-electron chi connectivity index (χ3n) is 3.75. The lowest BCUT2D eigenvalue weighted by molar-refractivity contribution is -0.121. The van der Waals surface area contributed by atoms with Gasteiger partial charge in [-0.3, -0.25) is 9.69 Å². The Balaban J connectivity index is 2.40. The molecule has 0 heterocycles. The van der Waals surface area contributed by atoms with E-state index in [0.717, 1.165) is 11.1 Å². The zero-order chi connectivity index (χ0) is 18.9. The number of nitrogens with two attached hydrogens (primary N) is 1. The van der Waals surface area contributed by atoms with Crippen molar-refractivity contribution < 1.29 is 9.59 Å². The van der Waals surface area contributed by atoms with Gasteiger partial charge < -0.3 is 11.1 Å². The molecule has 6 nitrogen and oxygen atoms in total. The highest BCUT2D eigenvalue weighted by Gasteiger charge is 2.29. The molecule has 0 radical (unpaired) electrons. The summed E-state index contributed by atoms with van der Waals surface area (Å²) in [6.45, 7) is -0.125. The Kier molecular flexibility index (Phi) is 7.06. The van der Waals surface area contributed by atoms with Crippen molar-refractivity contribution in [3.63, 3.8) is 0 Å². The molecule has 0 spiro atoms. The van der Waals surface area contributed by atoms with Crippen LogP contribution in [0.1, 0.15) is 0 Å². The summed E-state index contributed by atoms with van der Waals surface area (Å²) >= 11 is 1.42. The summed E-state index contributed by atoms with van der Waals surface area (Å²) in [5.41, 5.74) is 8.03. The number of benzene rings is 2. The van der Waals surface area contributed by atoms with Gasteiger partial charge in [-0.1, -0.05) is 42.5 Å². The number of amides is 3. The van der Waals surface area contributed by atoms with Crippen LogP contribution in [0.15, 0.2) is 54.6 Å². The van der Waals surface area contributed by atoms with E-state index in [9.17, 15) is 9.59 Å². The summed E-state index contributed by atoms with van der Waals surface area (Å²) in [5.74, 6) is -0.0553. The van der Waals surface area contributed by atoms with E-state index in [-0.39, 0.29) is 6.54 Å². The van der Waals surface area contributed by atoms with Gasteiger partial charge in [0.05, 0.1) is 6.07 Å². The molecule has 3 amide bonds. The number of rotatable bonds is 7. The average molecular weight is 368 g/mol. The fourth-order valence-corrected chi connectivity index (χ4v) is 3.21. The minimum absolute atomic E-state index is 0.125. The number of primary amides is 1. The van der Waals surface area contributed by atoms with E-state index in [0.29, 0.717) is 11.4 Å². The lowest BCUT2D eigenvalue weighted by atomic mass is 10.0. The van der Waals surface area contributed by atoms with Crippen LogP contribution in [-0.4, -0.2) is 36.5 Å². The van der Waals surface area contributed by atoms with Crippen LogP contribution in [0, 0.1) is 11.3 Å². The fraction of sp³-hybridized carbons (Fsp3) is 0.211. The van der Waals surface area contributed by atoms with Crippen molar-refractivity contribution in [2.75, 3.05) is 23.5 Å². The largest absolute Gasteiger partial charge is 0.351 e. The Labute approximate surface area is 157 Å². The Morgan fingerprint density at radius 3 is 2.50 bits per heavy atom. The quantitative estimate of drug-likeness (QED) is 0.734. The maximum Gasteiger partial charge on any atom is 0.320 e. The van der Waals surface area contributed by atoms with Crippen molar-refractivity contribution in [2.45, 2.75) is 6.04 Å². The van der Waals surface area contributed by atoms with Crippen molar-refractivity contribution in [3.8, 4) is 17.2 Å². The standard InChI is InChI=1S/C19H20N4O2S/c1-26-13-17(18(24)22-11-10-20)23(19(21)25)16-9-5-8-15(12-16)14-6-3-2-4-7-14/h2-9,12,17H,11,13H2,1H3,(H2,21,25)(H,22,24). The maximum atomic E-state index is 12.4. The first-order valence-corrected chi connectivity index (χ1v) is 9.35. The van der Waals surface area contributed by atoms with E-state index in [2.05, 4.69) is 5.32 Å². The van der Waals surface area contributed by atoms with Gasteiger partial charge >= 0.3 is 6.03 Å². The molecule has 7 heteroatoms. The second-order valence-electron chi connectivity index (χ2n) is 5.47. The molecule has 0 fully saturated rings. The second kappa shape index (κ2) is 9.49. The lowest BCUT2D eigenvalue weighted by Gasteiger charge is -2.29. The third-order valence-corrected chi connectivity index (χ3v) is 4.40. The van der Waals surface area contributed by atoms with Crippen molar-refractivity contribution in [1.29, 1.82) is 5.26 Å². The molecule has 0 aliphatic rings. The molecule has 0 aliphatic heterocycles. The molecule has 2 aromatic rings. The number of nitrogens with one attached hydrogen (secondary N) is 1. The van der Waals surface area contributed by atoms with Gasteiger partial charge in [-0.2, -0.15) is 17.0 Å².